The molecule has 0 aromatic carbocycles. The van der Waals surface area contributed by atoms with Crippen molar-refractivity contribution in [1.82, 2.24) is 14.3 Å². The monoisotopic (exact) mass is 196 g/mol. The number of hydrogen-bond acceptors (Lipinski definition) is 5. The predicted octanol–water partition coefficient (Wildman–Crippen LogP) is 1.32. The standard InChI is InChI=1S/C7H5FN4S/c8-5-1-4(2-10-3-5)6-11-7(9)12-13-6/h1-3H,(H2,9,12). The highest BCUT2D eigenvalue weighted by atomic mass is 32.1. The average Bonchev–Trinajstić information content (AvgIpc) is 2.52. The van der Waals surface area contributed by atoms with Gasteiger partial charge in [0.15, 0.2) is 0 Å². The minimum Gasteiger partial charge on any atom is -0.367 e. The number of rotatable bonds is 1. The van der Waals surface area contributed by atoms with Gasteiger partial charge in [0.2, 0.25) is 5.95 Å². The van der Waals surface area contributed by atoms with Gasteiger partial charge in [-0.15, -0.1) is 0 Å². The van der Waals surface area contributed by atoms with Gasteiger partial charge < -0.3 is 5.73 Å². The summed E-state index contributed by atoms with van der Waals surface area (Å²) in [5, 5.41) is 0.574. The fourth-order valence-electron chi connectivity index (χ4n) is 0.881. The molecule has 2 heterocycles. The smallest absolute Gasteiger partial charge is 0.232 e. The van der Waals surface area contributed by atoms with Crippen molar-refractivity contribution in [2.75, 3.05) is 5.73 Å². The highest BCUT2D eigenvalue weighted by molar-refractivity contribution is 7.09. The summed E-state index contributed by atoms with van der Waals surface area (Å²) >= 11 is 1.12. The topological polar surface area (TPSA) is 64.7 Å². The molecule has 2 N–H and O–H groups in total. The van der Waals surface area contributed by atoms with Gasteiger partial charge in [-0.2, -0.15) is 9.36 Å². The summed E-state index contributed by atoms with van der Waals surface area (Å²) < 4.78 is 16.5. The highest BCUT2D eigenvalue weighted by Crippen LogP contribution is 2.21. The molecule has 0 aliphatic carbocycles. The number of aromatic nitrogens is 3. The Balaban J connectivity index is 2.46. The average molecular weight is 196 g/mol. The van der Waals surface area contributed by atoms with Crippen LogP contribution in [-0.4, -0.2) is 14.3 Å². The van der Waals surface area contributed by atoms with E-state index in [-0.39, 0.29) is 5.95 Å². The van der Waals surface area contributed by atoms with Gasteiger partial charge in [0.05, 0.1) is 6.20 Å². The Morgan fingerprint density at radius 3 is 2.85 bits per heavy atom. The molecule has 0 radical (unpaired) electrons. The summed E-state index contributed by atoms with van der Waals surface area (Å²) in [6.45, 7) is 0. The van der Waals surface area contributed by atoms with Crippen LogP contribution >= 0.6 is 11.5 Å². The molecule has 0 saturated heterocycles. The number of pyridine rings is 1. The Hall–Kier alpha value is -1.56. The van der Waals surface area contributed by atoms with E-state index in [0.717, 1.165) is 17.7 Å². The van der Waals surface area contributed by atoms with Gasteiger partial charge in [-0.05, 0) is 17.6 Å². The van der Waals surface area contributed by atoms with E-state index < -0.39 is 5.82 Å². The second kappa shape index (κ2) is 3.06. The summed E-state index contributed by atoms with van der Waals surface area (Å²) in [4.78, 5) is 7.59. The Labute approximate surface area is 77.4 Å². The van der Waals surface area contributed by atoms with Crippen LogP contribution < -0.4 is 5.73 Å². The highest BCUT2D eigenvalue weighted by Gasteiger charge is 2.04. The van der Waals surface area contributed by atoms with Gasteiger partial charge in [0.25, 0.3) is 0 Å². The van der Waals surface area contributed by atoms with Crippen molar-refractivity contribution in [3.63, 3.8) is 0 Å². The summed E-state index contributed by atoms with van der Waals surface area (Å²) in [5.41, 5.74) is 5.92. The summed E-state index contributed by atoms with van der Waals surface area (Å²) in [7, 11) is 0. The molecule has 2 aromatic heterocycles. The van der Waals surface area contributed by atoms with Gasteiger partial charge in [-0.3, -0.25) is 4.98 Å². The second-order valence-electron chi connectivity index (χ2n) is 2.35. The third-order valence-corrected chi connectivity index (χ3v) is 2.17. The normalized spacial score (nSPS) is 10.2. The first-order valence-electron chi connectivity index (χ1n) is 3.46. The van der Waals surface area contributed by atoms with Gasteiger partial charge in [0.1, 0.15) is 10.8 Å². The van der Waals surface area contributed by atoms with E-state index in [1.165, 1.54) is 12.3 Å². The van der Waals surface area contributed by atoms with Gasteiger partial charge >= 0.3 is 0 Å². The fraction of sp³-hybridized carbons (Fsp3) is 0. The lowest BCUT2D eigenvalue weighted by Gasteiger charge is -1.92. The first-order valence-corrected chi connectivity index (χ1v) is 4.23. The van der Waals surface area contributed by atoms with Gasteiger partial charge in [0, 0.05) is 11.8 Å². The SMILES string of the molecule is Nc1nsc(-c2cncc(F)c2)n1. The molecule has 66 valence electrons. The molecule has 2 rings (SSSR count). The number of anilines is 1. The van der Waals surface area contributed by atoms with Gasteiger partial charge in [-0.1, -0.05) is 0 Å². The van der Waals surface area contributed by atoms with Crippen LogP contribution in [0.2, 0.25) is 0 Å². The third kappa shape index (κ3) is 1.62. The zero-order valence-corrected chi connectivity index (χ0v) is 7.25. The van der Waals surface area contributed by atoms with Crippen LogP contribution in [0, 0.1) is 5.82 Å². The second-order valence-corrected chi connectivity index (χ2v) is 3.10. The maximum atomic E-state index is 12.7. The first-order chi connectivity index (χ1) is 6.25. The van der Waals surface area contributed by atoms with E-state index in [9.17, 15) is 4.39 Å². The third-order valence-electron chi connectivity index (χ3n) is 1.39. The zero-order valence-electron chi connectivity index (χ0n) is 6.44. The van der Waals surface area contributed by atoms with Crippen LogP contribution in [0.1, 0.15) is 0 Å². The van der Waals surface area contributed by atoms with Crippen molar-refractivity contribution in [3.05, 3.63) is 24.3 Å². The molecule has 2 aromatic rings. The molecule has 13 heavy (non-hydrogen) atoms. The lowest BCUT2D eigenvalue weighted by Crippen LogP contribution is -1.86. The molecule has 0 aliphatic rings. The Morgan fingerprint density at radius 1 is 1.38 bits per heavy atom. The minimum atomic E-state index is -0.397. The van der Waals surface area contributed by atoms with E-state index in [4.69, 9.17) is 5.73 Å². The van der Waals surface area contributed by atoms with Crippen LogP contribution in [0.4, 0.5) is 10.3 Å². The largest absolute Gasteiger partial charge is 0.367 e. The van der Waals surface area contributed by atoms with E-state index in [2.05, 4.69) is 14.3 Å². The molecule has 0 amide bonds. The maximum Gasteiger partial charge on any atom is 0.232 e. The van der Waals surface area contributed by atoms with Crippen molar-refractivity contribution >= 4 is 17.5 Å². The molecule has 0 atom stereocenters. The van der Waals surface area contributed by atoms with E-state index >= 15 is 0 Å². The fourth-order valence-corrected chi connectivity index (χ4v) is 1.45. The quantitative estimate of drug-likeness (QED) is 0.747. The number of hydrogen-bond donors (Lipinski definition) is 1. The summed E-state index contributed by atoms with van der Waals surface area (Å²) in [6, 6.07) is 1.34. The van der Waals surface area contributed by atoms with Crippen molar-refractivity contribution in [2.24, 2.45) is 0 Å². The molecule has 0 saturated carbocycles. The Morgan fingerprint density at radius 2 is 2.23 bits per heavy atom. The van der Waals surface area contributed by atoms with Crippen LogP contribution in [-0.2, 0) is 0 Å². The van der Waals surface area contributed by atoms with E-state index in [0.29, 0.717) is 10.6 Å². The van der Waals surface area contributed by atoms with Crippen LogP contribution in [0.3, 0.4) is 0 Å². The van der Waals surface area contributed by atoms with Crippen molar-refractivity contribution in [1.29, 1.82) is 0 Å². The number of nitrogens with two attached hydrogens (primary N) is 1. The van der Waals surface area contributed by atoms with Crippen molar-refractivity contribution in [2.45, 2.75) is 0 Å². The van der Waals surface area contributed by atoms with Gasteiger partial charge in [-0.25, -0.2) is 4.39 Å². The lowest BCUT2D eigenvalue weighted by atomic mass is 10.3. The molecule has 4 nitrogen and oxygen atoms in total. The zero-order chi connectivity index (χ0) is 9.26. The molecule has 0 spiro atoms. The predicted molar refractivity (Wildman–Crippen MR) is 47.5 cm³/mol. The molecule has 0 aliphatic heterocycles. The molecule has 0 unspecified atom stereocenters. The van der Waals surface area contributed by atoms with E-state index in [1.54, 1.807) is 0 Å². The van der Waals surface area contributed by atoms with Crippen LogP contribution in [0.5, 0.6) is 0 Å². The lowest BCUT2D eigenvalue weighted by molar-refractivity contribution is 0.622. The summed E-state index contributed by atoms with van der Waals surface area (Å²) in [6.07, 6.45) is 2.65. The van der Waals surface area contributed by atoms with Crippen LogP contribution in [0.15, 0.2) is 18.5 Å². The number of nitrogens with zero attached hydrogens (tertiary/aromatic N) is 3. The van der Waals surface area contributed by atoms with Crippen molar-refractivity contribution in [3.8, 4) is 10.6 Å². The molecular formula is C7H5FN4S. The number of nitrogen functional groups attached to an aromatic ring is 1. The Kier molecular flexibility index (Phi) is 1.90. The summed E-state index contributed by atoms with van der Waals surface area (Å²) in [5.74, 6) is -0.199. The molecular weight excluding hydrogens is 191 g/mol. The Bertz CT molecular complexity index is 428. The first kappa shape index (κ1) is 8.06. The molecule has 6 heteroatoms. The van der Waals surface area contributed by atoms with Crippen LogP contribution in [0.25, 0.3) is 10.6 Å². The van der Waals surface area contributed by atoms with E-state index in [1.807, 2.05) is 0 Å². The maximum absolute atomic E-state index is 12.7. The molecule has 0 fully saturated rings. The van der Waals surface area contributed by atoms with Crippen molar-refractivity contribution < 1.29 is 4.39 Å². The minimum absolute atomic E-state index is 0.198. The molecule has 0 bridgehead atoms. The number of halogens is 1.